The van der Waals surface area contributed by atoms with Crippen molar-refractivity contribution in [1.29, 1.82) is 0 Å². The highest BCUT2D eigenvalue weighted by atomic mass is 16.3. The Morgan fingerprint density at radius 3 is 1.24 bits per heavy atom. The molecule has 0 unspecified atom stereocenters. The second kappa shape index (κ2) is 8.27. The van der Waals surface area contributed by atoms with Crippen molar-refractivity contribution in [3.8, 4) is 22.3 Å². The summed E-state index contributed by atoms with van der Waals surface area (Å²) in [5.74, 6) is 0.101. The first-order valence-electron chi connectivity index (χ1n) is 14.3. The third-order valence-corrected chi connectivity index (χ3v) is 9.38. The van der Waals surface area contributed by atoms with Gasteiger partial charge >= 0.3 is 0 Å². The van der Waals surface area contributed by atoms with Gasteiger partial charge in [-0.3, -0.25) is 0 Å². The molecule has 2 aliphatic carbocycles. The van der Waals surface area contributed by atoms with Gasteiger partial charge in [0, 0.05) is 22.6 Å². The summed E-state index contributed by atoms with van der Waals surface area (Å²) in [6.45, 7) is 0. The molecule has 2 aliphatic rings. The first-order chi connectivity index (χ1) is 20.3. The summed E-state index contributed by atoms with van der Waals surface area (Å²) in [6.07, 6.45) is 0. The molecule has 1 heteroatoms. The molecule has 0 amide bonds. The van der Waals surface area contributed by atoms with Crippen LogP contribution in [0.2, 0.25) is 0 Å². The van der Waals surface area contributed by atoms with Gasteiger partial charge in [-0.05, 0) is 60.5 Å². The molecule has 0 radical (unpaired) electrons. The minimum atomic E-state index is -1.28. The average molecular weight is 523 g/mol. The topological polar surface area (TPSA) is 20.2 Å². The van der Waals surface area contributed by atoms with E-state index < -0.39 is 5.60 Å². The van der Waals surface area contributed by atoms with Crippen LogP contribution in [-0.2, 0) is 5.60 Å². The fourth-order valence-electron chi connectivity index (χ4n) is 7.81. The normalized spacial score (nSPS) is 14.6. The van der Waals surface area contributed by atoms with Crippen LogP contribution in [0.1, 0.15) is 39.3 Å². The van der Waals surface area contributed by atoms with Crippen LogP contribution in [-0.4, -0.2) is 5.11 Å². The van der Waals surface area contributed by atoms with Gasteiger partial charge < -0.3 is 5.11 Å². The van der Waals surface area contributed by atoms with E-state index in [1.165, 1.54) is 38.6 Å². The Balaban J connectivity index is 1.45. The van der Waals surface area contributed by atoms with Crippen molar-refractivity contribution in [2.75, 3.05) is 0 Å². The van der Waals surface area contributed by atoms with Crippen molar-refractivity contribution in [2.45, 2.75) is 11.5 Å². The molecule has 192 valence electrons. The molecular formula is C40H26O. The predicted octanol–water partition coefficient (Wildman–Crippen LogP) is 9.42. The van der Waals surface area contributed by atoms with Crippen molar-refractivity contribution in [3.63, 3.8) is 0 Å². The number of benzene rings is 7. The largest absolute Gasteiger partial charge is 0.376 e. The van der Waals surface area contributed by atoms with Gasteiger partial charge in [0.1, 0.15) is 5.60 Å². The Morgan fingerprint density at radius 2 is 0.756 bits per heavy atom. The van der Waals surface area contributed by atoms with E-state index >= 15 is 0 Å². The van der Waals surface area contributed by atoms with Crippen LogP contribution >= 0.6 is 0 Å². The van der Waals surface area contributed by atoms with Crippen LogP contribution in [0.5, 0.6) is 0 Å². The molecule has 0 bridgehead atoms. The smallest absolute Gasteiger partial charge is 0.142 e. The van der Waals surface area contributed by atoms with Gasteiger partial charge in [0.15, 0.2) is 0 Å². The molecule has 1 nitrogen and oxygen atoms in total. The molecule has 0 atom stereocenters. The molecular weight excluding hydrogens is 496 g/mol. The molecule has 0 fully saturated rings. The fourth-order valence-corrected chi connectivity index (χ4v) is 7.81. The van der Waals surface area contributed by atoms with Crippen molar-refractivity contribution in [1.82, 2.24) is 0 Å². The van der Waals surface area contributed by atoms with Crippen molar-refractivity contribution in [2.24, 2.45) is 0 Å². The highest BCUT2D eigenvalue weighted by Gasteiger charge is 2.45. The monoisotopic (exact) mass is 522 g/mol. The third-order valence-electron chi connectivity index (χ3n) is 9.38. The molecule has 0 aromatic heterocycles. The standard InChI is InChI=1S/C40H26O/c41-40(35-23-11-9-15-27(35)28-16-10-12-24-36(28)40)39-33-21-7-5-19-31(33)38(32-20-6-8-22-34(32)39)37-29-17-3-1-13-25(29)26-14-2-4-18-30(26)37/h1-24,37,41H. The maximum atomic E-state index is 13.1. The summed E-state index contributed by atoms with van der Waals surface area (Å²) in [5.41, 5.74) is 10.4. The minimum Gasteiger partial charge on any atom is -0.376 e. The summed E-state index contributed by atoms with van der Waals surface area (Å²) in [7, 11) is 0. The zero-order chi connectivity index (χ0) is 27.1. The quantitative estimate of drug-likeness (QED) is 0.224. The van der Waals surface area contributed by atoms with Crippen molar-refractivity contribution >= 4 is 21.5 Å². The second-order valence-corrected chi connectivity index (χ2v) is 11.3. The molecule has 0 heterocycles. The van der Waals surface area contributed by atoms with Gasteiger partial charge in [0.05, 0.1) is 0 Å². The molecule has 0 spiro atoms. The Hall–Kier alpha value is -4.98. The Labute approximate surface area is 239 Å². The van der Waals surface area contributed by atoms with Gasteiger partial charge in [-0.25, -0.2) is 0 Å². The van der Waals surface area contributed by atoms with E-state index in [9.17, 15) is 5.11 Å². The zero-order valence-electron chi connectivity index (χ0n) is 22.4. The van der Waals surface area contributed by atoms with Crippen molar-refractivity contribution < 1.29 is 5.11 Å². The molecule has 0 aliphatic heterocycles. The van der Waals surface area contributed by atoms with E-state index in [2.05, 4.69) is 133 Å². The summed E-state index contributed by atoms with van der Waals surface area (Å²) < 4.78 is 0. The molecule has 9 rings (SSSR count). The Bertz CT molecular complexity index is 2040. The highest BCUT2D eigenvalue weighted by molar-refractivity contribution is 6.09. The molecule has 0 saturated carbocycles. The summed E-state index contributed by atoms with van der Waals surface area (Å²) >= 11 is 0. The first kappa shape index (κ1) is 22.8. The zero-order valence-corrected chi connectivity index (χ0v) is 22.4. The van der Waals surface area contributed by atoms with E-state index in [-0.39, 0.29) is 5.92 Å². The minimum absolute atomic E-state index is 0.101. The summed E-state index contributed by atoms with van der Waals surface area (Å²) in [5, 5.41) is 17.7. The lowest BCUT2D eigenvalue weighted by atomic mass is 9.75. The lowest BCUT2D eigenvalue weighted by Crippen LogP contribution is -2.27. The van der Waals surface area contributed by atoms with Gasteiger partial charge in [0.25, 0.3) is 0 Å². The second-order valence-electron chi connectivity index (χ2n) is 11.3. The van der Waals surface area contributed by atoms with Crippen LogP contribution in [0.4, 0.5) is 0 Å². The van der Waals surface area contributed by atoms with E-state index in [0.717, 1.165) is 38.6 Å². The Kier molecular flexibility index (Phi) is 4.60. The van der Waals surface area contributed by atoms with Crippen molar-refractivity contribution in [3.05, 3.63) is 179 Å². The van der Waals surface area contributed by atoms with Gasteiger partial charge in [-0.15, -0.1) is 0 Å². The number of hydrogen-bond acceptors (Lipinski definition) is 1. The molecule has 7 aromatic rings. The van der Waals surface area contributed by atoms with Crippen LogP contribution in [0.15, 0.2) is 146 Å². The number of hydrogen-bond donors (Lipinski definition) is 1. The lowest BCUT2D eigenvalue weighted by Gasteiger charge is -2.31. The molecule has 0 saturated heterocycles. The van der Waals surface area contributed by atoms with Gasteiger partial charge in [-0.2, -0.15) is 0 Å². The van der Waals surface area contributed by atoms with Crippen LogP contribution in [0, 0.1) is 0 Å². The van der Waals surface area contributed by atoms with Crippen LogP contribution in [0.3, 0.4) is 0 Å². The van der Waals surface area contributed by atoms with Crippen LogP contribution < -0.4 is 0 Å². The third kappa shape index (κ3) is 2.89. The first-order valence-corrected chi connectivity index (χ1v) is 14.3. The summed E-state index contributed by atoms with van der Waals surface area (Å²) in [6, 6.07) is 51.7. The predicted molar refractivity (Wildman–Crippen MR) is 168 cm³/mol. The molecule has 7 aromatic carbocycles. The average Bonchev–Trinajstić information content (AvgIpc) is 3.50. The number of fused-ring (bicyclic) bond motifs is 8. The maximum Gasteiger partial charge on any atom is 0.142 e. The van der Waals surface area contributed by atoms with E-state index in [4.69, 9.17) is 0 Å². The number of aliphatic hydroxyl groups is 1. The van der Waals surface area contributed by atoms with E-state index in [1.54, 1.807) is 0 Å². The summed E-state index contributed by atoms with van der Waals surface area (Å²) in [4.78, 5) is 0. The molecule has 41 heavy (non-hydrogen) atoms. The molecule has 1 N–H and O–H groups in total. The number of rotatable bonds is 2. The lowest BCUT2D eigenvalue weighted by molar-refractivity contribution is 0.134. The van der Waals surface area contributed by atoms with E-state index in [0.29, 0.717) is 0 Å². The van der Waals surface area contributed by atoms with E-state index in [1.807, 2.05) is 12.1 Å². The highest BCUT2D eigenvalue weighted by Crippen LogP contribution is 2.56. The van der Waals surface area contributed by atoms with Gasteiger partial charge in [0.2, 0.25) is 0 Å². The maximum absolute atomic E-state index is 13.1. The van der Waals surface area contributed by atoms with Crippen LogP contribution in [0.25, 0.3) is 43.8 Å². The Morgan fingerprint density at radius 1 is 0.390 bits per heavy atom. The van der Waals surface area contributed by atoms with Gasteiger partial charge in [-0.1, -0.05) is 146 Å². The SMILES string of the molecule is OC1(c2c3ccccc3c(C3c4ccccc4-c4ccccc43)c3ccccc23)c2ccccc2-c2ccccc21. The fraction of sp³-hybridized carbons (Fsp3) is 0.0500.